The first-order valence-corrected chi connectivity index (χ1v) is 6.28. The van der Waals surface area contributed by atoms with Crippen LogP contribution in [0.25, 0.3) is 0 Å². The molecule has 1 aliphatic heterocycles. The molecule has 3 nitrogen and oxygen atoms in total. The Labute approximate surface area is 102 Å². The van der Waals surface area contributed by atoms with Crippen molar-refractivity contribution in [1.29, 1.82) is 5.26 Å². The van der Waals surface area contributed by atoms with Gasteiger partial charge in [-0.2, -0.15) is 5.26 Å². The average Bonchev–Trinajstić information content (AvgIpc) is 3.19. The summed E-state index contributed by atoms with van der Waals surface area (Å²) in [6.07, 6.45) is 8.00. The second-order valence-corrected chi connectivity index (χ2v) is 4.89. The molecule has 2 aliphatic rings. The van der Waals surface area contributed by atoms with Gasteiger partial charge in [-0.1, -0.05) is 12.2 Å². The van der Waals surface area contributed by atoms with Crippen molar-refractivity contribution in [1.82, 2.24) is 4.90 Å². The van der Waals surface area contributed by atoms with Crippen LogP contribution in [0.5, 0.6) is 0 Å². The van der Waals surface area contributed by atoms with E-state index in [-0.39, 0.29) is 5.91 Å². The molecule has 1 aliphatic carbocycles. The van der Waals surface area contributed by atoms with Crippen molar-refractivity contribution in [3.05, 3.63) is 24.3 Å². The molecule has 0 aromatic rings. The van der Waals surface area contributed by atoms with Crippen LogP contribution in [0.1, 0.15) is 25.7 Å². The molecule has 1 heterocycles. The molecule has 0 radical (unpaired) electrons. The number of carbonyl (C=O) groups is 1. The van der Waals surface area contributed by atoms with Gasteiger partial charge in [0.1, 0.15) is 11.6 Å². The Balaban J connectivity index is 1.95. The van der Waals surface area contributed by atoms with Crippen molar-refractivity contribution in [2.75, 3.05) is 13.1 Å². The highest BCUT2D eigenvalue weighted by Gasteiger charge is 2.26. The zero-order valence-corrected chi connectivity index (χ0v) is 10.1. The second kappa shape index (κ2) is 5.18. The zero-order chi connectivity index (χ0) is 12.3. The molecule has 0 atom stereocenters. The number of rotatable bonds is 3. The number of nitrogens with zero attached hydrogens (tertiary/aromatic N) is 2. The molecule has 1 saturated carbocycles. The highest BCUT2D eigenvalue weighted by atomic mass is 16.2. The van der Waals surface area contributed by atoms with Crippen LogP contribution >= 0.6 is 0 Å². The third-order valence-corrected chi connectivity index (χ3v) is 3.54. The highest BCUT2D eigenvalue weighted by Crippen LogP contribution is 2.31. The summed E-state index contributed by atoms with van der Waals surface area (Å²) in [6, 6.07) is 2.05. The van der Waals surface area contributed by atoms with E-state index in [2.05, 4.69) is 6.58 Å². The van der Waals surface area contributed by atoms with Gasteiger partial charge in [-0.25, -0.2) is 0 Å². The highest BCUT2D eigenvalue weighted by molar-refractivity contribution is 5.97. The number of hydrogen-bond donors (Lipinski definition) is 0. The van der Waals surface area contributed by atoms with Gasteiger partial charge in [0.15, 0.2) is 0 Å². The van der Waals surface area contributed by atoms with Crippen LogP contribution in [0.4, 0.5) is 0 Å². The number of piperidine rings is 1. The summed E-state index contributed by atoms with van der Waals surface area (Å²) in [6.45, 7) is 5.28. The molecule has 0 N–H and O–H groups in total. The summed E-state index contributed by atoms with van der Waals surface area (Å²) in [4.78, 5) is 13.9. The van der Waals surface area contributed by atoms with Gasteiger partial charge >= 0.3 is 0 Å². The van der Waals surface area contributed by atoms with Crippen LogP contribution in [-0.4, -0.2) is 23.9 Å². The molecule has 2 rings (SSSR count). The Bertz CT molecular complexity index is 380. The minimum Gasteiger partial charge on any atom is -0.338 e. The summed E-state index contributed by atoms with van der Waals surface area (Å²) in [5, 5.41) is 9.02. The third-order valence-electron chi connectivity index (χ3n) is 3.54. The lowest BCUT2D eigenvalue weighted by molar-refractivity contribution is -0.127. The van der Waals surface area contributed by atoms with Crippen molar-refractivity contribution < 1.29 is 4.79 Å². The van der Waals surface area contributed by atoms with Crippen LogP contribution in [-0.2, 0) is 4.79 Å². The molecule has 17 heavy (non-hydrogen) atoms. The van der Waals surface area contributed by atoms with E-state index < -0.39 is 0 Å². The molecule has 2 fully saturated rings. The van der Waals surface area contributed by atoms with Crippen molar-refractivity contribution >= 4 is 5.91 Å². The van der Waals surface area contributed by atoms with Crippen LogP contribution in [0.3, 0.4) is 0 Å². The Morgan fingerprint density at radius 2 is 1.88 bits per heavy atom. The number of amides is 1. The summed E-state index contributed by atoms with van der Waals surface area (Å²) in [7, 11) is 0. The van der Waals surface area contributed by atoms with Crippen LogP contribution in [0.15, 0.2) is 24.3 Å². The molecule has 0 bridgehead atoms. The van der Waals surface area contributed by atoms with E-state index in [4.69, 9.17) is 5.26 Å². The molecule has 0 aromatic carbocycles. The van der Waals surface area contributed by atoms with Crippen molar-refractivity contribution in [2.24, 2.45) is 11.8 Å². The molecular formula is C14H18N2O. The monoisotopic (exact) mass is 230 g/mol. The molecule has 0 unspecified atom stereocenters. The van der Waals surface area contributed by atoms with Gasteiger partial charge in [0, 0.05) is 13.1 Å². The fraction of sp³-hybridized carbons (Fsp3) is 0.571. The van der Waals surface area contributed by atoms with Gasteiger partial charge in [0.2, 0.25) is 0 Å². The van der Waals surface area contributed by atoms with Crippen molar-refractivity contribution in [3.8, 4) is 6.07 Å². The predicted molar refractivity (Wildman–Crippen MR) is 65.9 cm³/mol. The molecular weight excluding hydrogens is 212 g/mol. The average molecular weight is 230 g/mol. The van der Waals surface area contributed by atoms with E-state index in [9.17, 15) is 4.79 Å². The third kappa shape index (κ3) is 2.97. The predicted octanol–water partition coefficient (Wildman–Crippen LogP) is 2.27. The number of carbonyl (C=O) groups excluding carboxylic acids is 1. The summed E-state index contributed by atoms with van der Waals surface area (Å²) >= 11 is 0. The Morgan fingerprint density at radius 3 is 2.35 bits per heavy atom. The minimum absolute atomic E-state index is 0.0816. The van der Waals surface area contributed by atoms with Crippen molar-refractivity contribution in [3.63, 3.8) is 0 Å². The Hall–Kier alpha value is -1.56. The molecule has 90 valence electrons. The number of nitriles is 1. The standard InChI is InChI=1S/C14H18N2O/c1-2-11-5-7-16(8-6-11)14(17)13(10-15)9-12-3-4-12/h2,9,11-12H,1,3-8H2/b13-9+. The van der Waals surface area contributed by atoms with Gasteiger partial charge < -0.3 is 4.90 Å². The number of likely N-dealkylation sites (tertiary alicyclic amines) is 1. The van der Waals surface area contributed by atoms with E-state index >= 15 is 0 Å². The van der Waals surface area contributed by atoms with Crippen LogP contribution in [0, 0.1) is 23.2 Å². The van der Waals surface area contributed by atoms with E-state index in [0.29, 0.717) is 17.4 Å². The van der Waals surface area contributed by atoms with Gasteiger partial charge in [-0.3, -0.25) is 4.79 Å². The lowest BCUT2D eigenvalue weighted by atomic mass is 9.96. The quantitative estimate of drug-likeness (QED) is 0.424. The molecule has 1 saturated heterocycles. The molecule has 0 aromatic heterocycles. The van der Waals surface area contributed by atoms with Crippen molar-refractivity contribution in [2.45, 2.75) is 25.7 Å². The topological polar surface area (TPSA) is 44.1 Å². The number of hydrogen-bond acceptors (Lipinski definition) is 2. The fourth-order valence-corrected chi connectivity index (χ4v) is 2.16. The minimum atomic E-state index is -0.0816. The van der Waals surface area contributed by atoms with Gasteiger partial charge in [-0.15, -0.1) is 6.58 Å². The Kier molecular flexibility index (Phi) is 3.63. The van der Waals surface area contributed by atoms with E-state index in [1.54, 1.807) is 4.90 Å². The van der Waals surface area contributed by atoms with Gasteiger partial charge in [0.05, 0.1) is 0 Å². The number of allylic oxidation sites excluding steroid dienone is 2. The van der Waals surface area contributed by atoms with E-state index in [1.165, 1.54) is 0 Å². The lowest BCUT2D eigenvalue weighted by Crippen LogP contribution is -2.38. The molecule has 0 spiro atoms. The zero-order valence-electron chi connectivity index (χ0n) is 10.1. The maximum Gasteiger partial charge on any atom is 0.264 e. The summed E-state index contributed by atoms with van der Waals surface area (Å²) in [5.74, 6) is 0.915. The van der Waals surface area contributed by atoms with Crippen LogP contribution in [0.2, 0.25) is 0 Å². The van der Waals surface area contributed by atoms with Gasteiger partial charge in [-0.05, 0) is 37.5 Å². The maximum absolute atomic E-state index is 12.1. The smallest absolute Gasteiger partial charge is 0.264 e. The first-order valence-electron chi connectivity index (χ1n) is 6.28. The van der Waals surface area contributed by atoms with E-state index in [0.717, 1.165) is 38.8 Å². The molecule has 3 heteroatoms. The van der Waals surface area contributed by atoms with E-state index in [1.807, 2.05) is 18.2 Å². The second-order valence-electron chi connectivity index (χ2n) is 4.89. The first kappa shape index (κ1) is 11.9. The lowest BCUT2D eigenvalue weighted by Gasteiger charge is -2.30. The SMILES string of the molecule is C=CC1CCN(C(=O)/C(C#N)=C/C2CC2)CC1. The summed E-state index contributed by atoms with van der Waals surface area (Å²) in [5.41, 5.74) is 0.338. The first-order chi connectivity index (χ1) is 8.24. The molecule has 1 amide bonds. The normalized spacial score (nSPS) is 22.1. The Morgan fingerprint density at radius 1 is 1.24 bits per heavy atom. The largest absolute Gasteiger partial charge is 0.338 e. The van der Waals surface area contributed by atoms with Crippen LogP contribution < -0.4 is 0 Å². The fourth-order valence-electron chi connectivity index (χ4n) is 2.16. The van der Waals surface area contributed by atoms with Gasteiger partial charge in [0.25, 0.3) is 5.91 Å². The maximum atomic E-state index is 12.1. The summed E-state index contributed by atoms with van der Waals surface area (Å²) < 4.78 is 0.